The Kier molecular flexibility index (Phi) is 5.13. The number of hydrogen-bond acceptors (Lipinski definition) is 5. The third-order valence-corrected chi connectivity index (χ3v) is 6.38. The molecule has 1 atom stereocenters. The van der Waals surface area contributed by atoms with Gasteiger partial charge in [-0.1, -0.05) is 29.0 Å². The van der Waals surface area contributed by atoms with Gasteiger partial charge in [0, 0.05) is 18.2 Å². The third-order valence-electron chi connectivity index (χ3n) is 5.41. The summed E-state index contributed by atoms with van der Waals surface area (Å²) in [6.45, 7) is 10.9. The first-order valence-corrected chi connectivity index (χ1v) is 11.1. The first-order chi connectivity index (χ1) is 14.1. The zero-order chi connectivity index (χ0) is 21.6. The monoisotopic (exact) mass is 425 g/mol. The average molecular weight is 426 g/mol. The van der Waals surface area contributed by atoms with E-state index < -0.39 is 0 Å². The largest absolute Gasteiger partial charge is 0.335 e. The molecule has 30 heavy (non-hydrogen) atoms. The highest BCUT2D eigenvalue weighted by molar-refractivity contribution is 7.22. The van der Waals surface area contributed by atoms with Crippen LogP contribution in [0.3, 0.4) is 0 Å². The van der Waals surface area contributed by atoms with Gasteiger partial charge >= 0.3 is 0 Å². The predicted octanol–water partition coefficient (Wildman–Crippen LogP) is 4.43. The standard InChI is InChI=1S/C22H27N5O2S/c1-13-8-10-15(11-9-13)19(28)24-21-23-18-17(30-21)16(25-27(18)22(3,4)5)20(29)26-12-6-7-14(26)2/h8-11,14H,6-7,12H2,1-5H3,(H,23,24,28). The van der Waals surface area contributed by atoms with Crippen LogP contribution in [0.4, 0.5) is 5.13 Å². The number of carbonyl (C=O) groups excluding carboxylic acids is 2. The number of carbonyl (C=O) groups is 2. The van der Waals surface area contributed by atoms with Crippen LogP contribution in [-0.4, -0.2) is 44.1 Å². The molecule has 7 nitrogen and oxygen atoms in total. The maximum atomic E-state index is 13.2. The van der Waals surface area contributed by atoms with Crippen molar-refractivity contribution in [2.45, 2.75) is 59.0 Å². The Balaban J connectivity index is 1.71. The first-order valence-electron chi connectivity index (χ1n) is 10.2. The van der Waals surface area contributed by atoms with Crippen LogP contribution in [-0.2, 0) is 5.54 Å². The third kappa shape index (κ3) is 3.71. The number of thiazole rings is 1. The quantitative estimate of drug-likeness (QED) is 0.673. The molecule has 1 fully saturated rings. The van der Waals surface area contributed by atoms with E-state index in [1.807, 2.05) is 44.7 Å². The second-order valence-corrected chi connectivity index (χ2v) is 9.91. The van der Waals surface area contributed by atoms with Crippen molar-refractivity contribution >= 4 is 38.6 Å². The van der Waals surface area contributed by atoms with E-state index in [4.69, 9.17) is 0 Å². The summed E-state index contributed by atoms with van der Waals surface area (Å²) in [5, 5.41) is 7.99. The smallest absolute Gasteiger partial charge is 0.276 e. The number of rotatable bonds is 3. The molecule has 1 N–H and O–H groups in total. The lowest BCUT2D eigenvalue weighted by Crippen LogP contribution is -2.34. The molecule has 8 heteroatoms. The van der Waals surface area contributed by atoms with Crippen molar-refractivity contribution in [3.05, 3.63) is 41.1 Å². The van der Waals surface area contributed by atoms with Gasteiger partial charge in [-0.2, -0.15) is 10.1 Å². The summed E-state index contributed by atoms with van der Waals surface area (Å²) in [7, 11) is 0. The van der Waals surface area contributed by atoms with Gasteiger partial charge in [-0.3, -0.25) is 14.9 Å². The number of hydrogen-bond donors (Lipinski definition) is 1. The zero-order valence-electron chi connectivity index (χ0n) is 18.0. The molecule has 1 unspecified atom stereocenters. The molecule has 1 aromatic carbocycles. The Hall–Kier alpha value is -2.74. The van der Waals surface area contributed by atoms with Crippen LogP contribution in [0.25, 0.3) is 10.3 Å². The fourth-order valence-corrected chi connectivity index (χ4v) is 4.63. The number of aromatic nitrogens is 3. The highest BCUT2D eigenvalue weighted by Crippen LogP contribution is 2.34. The van der Waals surface area contributed by atoms with E-state index in [0.717, 1.165) is 24.9 Å². The van der Waals surface area contributed by atoms with E-state index in [1.54, 1.807) is 16.8 Å². The molecule has 0 aliphatic carbocycles. The topological polar surface area (TPSA) is 80.1 Å². The second kappa shape index (κ2) is 7.50. The fraction of sp³-hybridized carbons (Fsp3) is 0.455. The van der Waals surface area contributed by atoms with Crippen molar-refractivity contribution in [1.29, 1.82) is 0 Å². The summed E-state index contributed by atoms with van der Waals surface area (Å²) in [6, 6.07) is 7.59. The summed E-state index contributed by atoms with van der Waals surface area (Å²) < 4.78 is 2.50. The van der Waals surface area contributed by atoms with Crippen LogP contribution in [0.5, 0.6) is 0 Å². The zero-order valence-corrected chi connectivity index (χ0v) is 18.8. The van der Waals surface area contributed by atoms with E-state index in [0.29, 0.717) is 26.7 Å². The number of likely N-dealkylation sites (tertiary alicyclic amines) is 1. The maximum Gasteiger partial charge on any atom is 0.276 e. The normalized spacial score (nSPS) is 17.0. The van der Waals surface area contributed by atoms with Gasteiger partial charge in [-0.25, -0.2) is 4.68 Å². The van der Waals surface area contributed by atoms with Crippen LogP contribution in [0.1, 0.15) is 66.9 Å². The van der Waals surface area contributed by atoms with E-state index in [9.17, 15) is 9.59 Å². The number of nitrogens with one attached hydrogen (secondary N) is 1. The molecule has 2 amide bonds. The van der Waals surface area contributed by atoms with Crippen molar-refractivity contribution in [1.82, 2.24) is 19.7 Å². The van der Waals surface area contributed by atoms with Gasteiger partial charge in [0.1, 0.15) is 4.70 Å². The number of benzene rings is 1. The first kappa shape index (κ1) is 20.5. The Morgan fingerprint density at radius 1 is 1.20 bits per heavy atom. The van der Waals surface area contributed by atoms with Crippen molar-refractivity contribution < 1.29 is 9.59 Å². The Morgan fingerprint density at radius 2 is 1.90 bits per heavy atom. The molecule has 158 valence electrons. The van der Waals surface area contributed by atoms with Crippen molar-refractivity contribution in [2.75, 3.05) is 11.9 Å². The SMILES string of the molecule is Cc1ccc(C(=O)Nc2nc3c(s2)c(C(=O)N2CCCC2C)nn3C(C)(C)C)cc1. The van der Waals surface area contributed by atoms with Gasteiger partial charge < -0.3 is 4.90 Å². The summed E-state index contributed by atoms with van der Waals surface area (Å²) in [6.07, 6.45) is 2.02. The Morgan fingerprint density at radius 3 is 2.50 bits per heavy atom. The minimum Gasteiger partial charge on any atom is -0.335 e. The summed E-state index contributed by atoms with van der Waals surface area (Å²) in [5.74, 6) is -0.282. The van der Waals surface area contributed by atoms with Crippen molar-refractivity contribution in [3.63, 3.8) is 0 Å². The molecule has 0 bridgehead atoms. The van der Waals surface area contributed by atoms with Crippen molar-refractivity contribution in [2.24, 2.45) is 0 Å². The molecular weight excluding hydrogens is 398 g/mol. The van der Waals surface area contributed by atoms with E-state index in [-0.39, 0.29) is 23.4 Å². The second-order valence-electron chi connectivity index (χ2n) is 8.91. The van der Waals surface area contributed by atoms with E-state index in [2.05, 4.69) is 22.3 Å². The molecule has 0 spiro atoms. The number of amides is 2. The molecule has 0 saturated carbocycles. The number of aryl methyl sites for hydroxylation is 1. The minimum atomic E-state index is -0.348. The lowest BCUT2D eigenvalue weighted by molar-refractivity contribution is 0.0741. The maximum absolute atomic E-state index is 13.2. The molecular formula is C22H27N5O2S. The van der Waals surface area contributed by atoms with Crippen LogP contribution in [0.2, 0.25) is 0 Å². The van der Waals surface area contributed by atoms with Gasteiger partial charge in [0.2, 0.25) is 0 Å². The minimum absolute atomic E-state index is 0.0620. The Bertz CT molecular complexity index is 1110. The molecule has 0 radical (unpaired) electrons. The van der Waals surface area contributed by atoms with Crippen LogP contribution >= 0.6 is 11.3 Å². The van der Waals surface area contributed by atoms with Gasteiger partial charge in [-0.15, -0.1) is 0 Å². The Labute approximate surface area is 180 Å². The molecule has 1 aliphatic rings. The summed E-state index contributed by atoms with van der Waals surface area (Å²) in [5.41, 5.74) is 2.36. The van der Waals surface area contributed by atoms with Crippen molar-refractivity contribution in [3.8, 4) is 0 Å². The fourth-order valence-electron chi connectivity index (χ4n) is 3.71. The highest BCUT2D eigenvalue weighted by Gasteiger charge is 2.33. The van der Waals surface area contributed by atoms with Gasteiger partial charge in [-0.05, 0) is 59.6 Å². The van der Waals surface area contributed by atoms with Crippen LogP contribution < -0.4 is 5.32 Å². The lowest BCUT2D eigenvalue weighted by atomic mass is 10.1. The van der Waals surface area contributed by atoms with E-state index in [1.165, 1.54) is 11.3 Å². The summed E-state index contributed by atoms with van der Waals surface area (Å²) >= 11 is 1.30. The van der Waals surface area contributed by atoms with Gasteiger partial charge in [0.05, 0.1) is 5.54 Å². The molecule has 4 rings (SSSR count). The van der Waals surface area contributed by atoms with Gasteiger partial charge in [0.25, 0.3) is 11.8 Å². The number of anilines is 1. The van der Waals surface area contributed by atoms with Crippen LogP contribution in [0.15, 0.2) is 24.3 Å². The molecule has 2 aromatic heterocycles. The molecule has 1 aliphatic heterocycles. The molecule has 3 heterocycles. The molecule has 1 saturated heterocycles. The number of nitrogens with zero attached hydrogens (tertiary/aromatic N) is 4. The number of fused-ring (bicyclic) bond motifs is 1. The van der Waals surface area contributed by atoms with E-state index >= 15 is 0 Å². The predicted molar refractivity (Wildman–Crippen MR) is 119 cm³/mol. The summed E-state index contributed by atoms with van der Waals surface area (Å²) in [4.78, 5) is 32.4. The molecule has 3 aromatic rings. The highest BCUT2D eigenvalue weighted by atomic mass is 32.1. The van der Waals surface area contributed by atoms with Gasteiger partial charge in [0.15, 0.2) is 16.5 Å². The van der Waals surface area contributed by atoms with Crippen LogP contribution in [0, 0.1) is 6.92 Å². The average Bonchev–Trinajstić information content (AvgIpc) is 3.35. The lowest BCUT2D eigenvalue weighted by Gasteiger charge is -2.21.